The smallest absolute Gasteiger partial charge is 0.408 e. The van der Waals surface area contributed by atoms with E-state index in [2.05, 4.69) is 5.32 Å². The number of benzene rings is 2. The van der Waals surface area contributed by atoms with Gasteiger partial charge in [-0.05, 0) is 57.2 Å². The average molecular weight is 451 g/mol. The van der Waals surface area contributed by atoms with Crippen LogP contribution in [0.4, 0.5) is 4.79 Å². The molecule has 30 heavy (non-hydrogen) atoms. The molecule has 1 fully saturated rings. The van der Waals surface area contributed by atoms with Crippen molar-refractivity contribution in [3.63, 3.8) is 0 Å². The van der Waals surface area contributed by atoms with E-state index in [1.54, 1.807) is 20.8 Å². The molecular formula is C22H24Cl2N2O4. The van der Waals surface area contributed by atoms with Crippen molar-refractivity contribution in [1.29, 1.82) is 0 Å². The molecule has 0 unspecified atom stereocenters. The number of ether oxygens (including phenoxy) is 2. The van der Waals surface area contributed by atoms with Crippen molar-refractivity contribution in [2.75, 3.05) is 13.2 Å². The summed E-state index contributed by atoms with van der Waals surface area (Å²) in [6.45, 7) is 5.87. The minimum Gasteiger partial charge on any atom is -0.444 e. The standard InChI is InChI=1S/C22H24Cl2N2O4/c1-22(2,3)30-21(28)25-16-10-29-11-19(20(16)27)26-17-6-4-12(23)8-14(17)15-9-13(24)5-7-18(15)26/h4-9,16,19-20,27H,10-11H2,1-3H3,(H,25,28)/t16-,19+,20+/m0/s1. The molecule has 160 valence electrons. The number of aliphatic hydroxyl groups is 1. The summed E-state index contributed by atoms with van der Waals surface area (Å²) in [6.07, 6.45) is -1.46. The first kappa shape index (κ1) is 21.2. The summed E-state index contributed by atoms with van der Waals surface area (Å²) < 4.78 is 13.1. The summed E-state index contributed by atoms with van der Waals surface area (Å²) in [7, 11) is 0. The zero-order chi connectivity index (χ0) is 21.6. The maximum absolute atomic E-state index is 12.2. The number of aliphatic hydroxyl groups excluding tert-OH is 1. The molecule has 6 nitrogen and oxygen atoms in total. The van der Waals surface area contributed by atoms with Gasteiger partial charge in [0.15, 0.2) is 0 Å². The molecule has 8 heteroatoms. The van der Waals surface area contributed by atoms with E-state index in [-0.39, 0.29) is 6.61 Å². The molecule has 2 heterocycles. The highest BCUT2D eigenvalue weighted by Gasteiger charge is 2.37. The lowest BCUT2D eigenvalue weighted by molar-refractivity contribution is -0.0541. The fourth-order valence-corrected chi connectivity index (χ4v) is 4.29. The fraction of sp³-hybridized carbons (Fsp3) is 0.409. The van der Waals surface area contributed by atoms with E-state index < -0.39 is 29.9 Å². The molecule has 0 spiro atoms. The Hall–Kier alpha value is -1.99. The van der Waals surface area contributed by atoms with Crippen LogP contribution in [0.25, 0.3) is 21.8 Å². The predicted octanol–water partition coefficient (Wildman–Crippen LogP) is 4.93. The van der Waals surface area contributed by atoms with E-state index >= 15 is 0 Å². The lowest BCUT2D eigenvalue weighted by atomic mass is 10.0. The van der Waals surface area contributed by atoms with Gasteiger partial charge in [0.05, 0.1) is 31.4 Å². The topological polar surface area (TPSA) is 72.7 Å². The number of carbonyl (C=O) groups excluding carboxylic acids is 1. The zero-order valence-corrected chi connectivity index (χ0v) is 18.5. The highest BCUT2D eigenvalue weighted by Crippen LogP contribution is 2.37. The van der Waals surface area contributed by atoms with Gasteiger partial charge in [0.1, 0.15) is 5.60 Å². The molecule has 1 aliphatic rings. The van der Waals surface area contributed by atoms with Crippen LogP contribution < -0.4 is 5.32 Å². The Morgan fingerprint density at radius 2 is 1.67 bits per heavy atom. The van der Waals surface area contributed by atoms with Crippen LogP contribution in [-0.2, 0) is 9.47 Å². The van der Waals surface area contributed by atoms with Gasteiger partial charge in [-0.15, -0.1) is 0 Å². The molecule has 0 bridgehead atoms. The minimum atomic E-state index is -0.878. The second-order valence-corrected chi connectivity index (χ2v) is 9.41. The van der Waals surface area contributed by atoms with E-state index in [1.165, 1.54) is 0 Å². The van der Waals surface area contributed by atoms with Gasteiger partial charge in [-0.1, -0.05) is 23.2 Å². The minimum absolute atomic E-state index is 0.200. The number of rotatable bonds is 2. The summed E-state index contributed by atoms with van der Waals surface area (Å²) >= 11 is 12.5. The van der Waals surface area contributed by atoms with E-state index in [0.29, 0.717) is 16.7 Å². The van der Waals surface area contributed by atoms with Crippen LogP contribution in [0, 0.1) is 0 Å². The molecule has 2 N–H and O–H groups in total. The first-order valence-electron chi connectivity index (χ1n) is 9.78. The van der Waals surface area contributed by atoms with Crippen molar-refractivity contribution in [1.82, 2.24) is 9.88 Å². The number of hydrogen-bond donors (Lipinski definition) is 2. The summed E-state index contributed by atoms with van der Waals surface area (Å²) in [4.78, 5) is 12.2. The largest absolute Gasteiger partial charge is 0.444 e. The fourth-order valence-electron chi connectivity index (χ4n) is 3.95. The van der Waals surface area contributed by atoms with Crippen molar-refractivity contribution >= 4 is 51.1 Å². The van der Waals surface area contributed by atoms with Crippen molar-refractivity contribution in [2.45, 2.75) is 44.6 Å². The number of alkyl carbamates (subject to hydrolysis) is 1. The molecule has 3 atom stereocenters. The summed E-state index contributed by atoms with van der Waals surface area (Å²) in [5, 5.41) is 17.0. The third-order valence-electron chi connectivity index (χ3n) is 5.15. The van der Waals surface area contributed by atoms with Gasteiger partial charge in [-0.2, -0.15) is 0 Å². The molecule has 1 saturated heterocycles. The van der Waals surface area contributed by atoms with Crippen LogP contribution in [0.2, 0.25) is 10.0 Å². The number of aromatic nitrogens is 1. The number of nitrogens with zero attached hydrogens (tertiary/aromatic N) is 1. The maximum atomic E-state index is 12.2. The van der Waals surface area contributed by atoms with Gasteiger partial charge in [-0.25, -0.2) is 4.79 Å². The molecule has 0 saturated carbocycles. The van der Waals surface area contributed by atoms with Crippen LogP contribution in [-0.4, -0.2) is 46.7 Å². The number of fused-ring (bicyclic) bond motifs is 3. The Kier molecular flexibility index (Phi) is 5.62. The van der Waals surface area contributed by atoms with Gasteiger partial charge >= 0.3 is 6.09 Å². The van der Waals surface area contributed by atoms with E-state index in [1.807, 2.05) is 41.0 Å². The number of nitrogens with one attached hydrogen (secondary N) is 1. The maximum Gasteiger partial charge on any atom is 0.408 e. The number of carbonyl (C=O) groups is 1. The number of halogens is 2. The van der Waals surface area contributed by atoms with Crippen LogP contribution >= 0.6 is 23.2 Å². The Morgan fingerprint density at radius 3 is 2.20 bits per heavy atom. The van der Waals surface area contributed by atoms with Crippen LogP contribution in [0.3, 0.4) is 0 Å². The number of amides is 1. The molecular weight excluding hydrogens is 427 g/mol. The normalized spacial score (nSPS) is 22.4. The van der Waals surface area contributed by atoms with Gasteiger partial charge in [0, 0.05) is 31.9 Å². The third kappa shape index (κ3) is 4.10. The molecule has 2 aromatic carbocycles. The molecule has 1 aliphatic heterocycles. The molecule has 3 aromatic rings. The van der Waals surface area contributed by atoms with Crippen LogP contribution in [0.1, 0.15) is 26.8 Å². The van der Waals surface area contributed by atoms with Crippen molar-refractivity contribution in [3.8, 4) is 0 Å². The summed E-state index contributed by atoms with van der Waals surface area (Å²) in [5.41, 5.74) is 1.18. The lowest BCUT2D eigenvalue weighted by Crippen LogP contribution is -2.54. The van der Waals surface area contributed by atoms with Crippen molar-refractivity contribution in [3.05, 3.63) is 46.4 Å². The Labute approximate surface area is 184 Å². The predicted molar refractivity (Wildman–Crippen MR) is 118 cm³/mol. The lowest BCUT2D eigenvalue weighted by Gasteiger charge is -2.37. The molecule has 0 aliphatic carbocycles. The first-order valence-corrected chi connectivity index (χ1v) is 10.5. The second-order valence-electron chi connectivity index (χ2n) is 8.54. The van der Waals surface area contributed by atoms with E-state index in [0.717, 1.165) is 21.8 Å². The van der Waals surface area contributed by atoms with Gasteiger partial charge in [-0.3, -0.25) is 0 Å². The Balaban J connectivity index is 1.73. The van der Waals surface area contributed by atoms with E-state index in [4.69, 9.17) is 32.7 Å². The van der Waals surface area contributed by atoms with Gasteiger partial charge in [0.2, 0.25) is 0 Å². The van der Waals surface area contributed by atoms with Crippen molar-refractivity contribution in [2.24, 2.45) is 0 Å². The van der Waals surface area contributed by atoms with Gasteiger partial charge in [0.25, 0.3) is 0 Å². The van der Waals surface area contributed by atoms with Crippen LogP contribution in [0.15, 0.2) is 36.4 Å². The zero-order valence-electron chi connectivity index (χ0n) is 17.0. The molecule has 1 aromatic heterocycles. The monoisotopic (exact) mass is 450 g/mol. The molecule has 0 radical (unpaired) electrons. The first-order chi connectivity index (χ1) is 14.1. The average Bonchev–Trinajstić information content (AvgIpc) is 2.95. The van der Waals surface area contributed by atoms with Crippen molar-refractivity contribution < 1.29 is 19.4 Å². The van der Waals surface area contributed by atoms with Crippen LogP contribution in [0.5, 0.6) is 0 Å². The molecule has 4 rings (SSSR count). The van der Waals surface area contributed by atoms with Gasteiger partial charge < -0.3 is 24.5 Å². The second kappa shape index (κ2) is 7.93. The summed E-state index contributed by atoms with van der Waals surface area (Å²) in [5.74, 6) is 0. The summed E-state index contributed by atoms with van der Waals surface area (Å²) in [6, 6.07) is 10.2. The SMILES string of the molecule is CC(C)(C)OC(=O)N[C@H]1COC[C@@H](n2c3ccc(Cl)cc3c3cc(Cl)ccc32)[C@@H]1O. The number of hydrogen-bond acceptors (Lipinski definition) is 4. The van der Waals surface area contributed by atoms with E-state index in [9.17, 15) is 9.90 Å². The highest BCUT2D eigenvalue weighted by molar-refractivity contribution is 6.33. The highest BCUT2D eigenvalue weighted by atomic mass is 35.5. The quantitative estimate of drug-likeness (QED) is 0.580. The molecule has 1 amide bonds. The Bertz CT molecular complexity index is 1050. The third-order valence-corrected chi connectivity index (χ3v) is 5.62. The Morgan fingerprint density at radius 1 is 1.10 bits per heavy atom.